The summed E-state index contributed by atoms with van der Waals surface area (Å²) in [5.74, 6) is -1.21. The van der Waals surface area contributed by atoms with Crippen molar-refractivity contribution in [2.45, 2.75) is 51.4 Å². The second-order valence-electron chi connectivity index (χ2n) is 7.30. The summed E-state index contributed by atoms with van der Waals surface area (Å²) in [4.78, 5) is 13.1. The maximum absolute atomic E-state index is 13.1. The lowest BCUT2D eigenvalue weighted by Gasteiger charge is -2.41. The van der Waals surface area contributed by atoms with Gasteiger partial charge in [0.1, 0.15) is 6.07 Å². The summed E-state index contributed by atoms with van der Waals surface area (Å²) in [6.07, 6.45) is 5.62. The van der Waals surface area contributed by atoms with Crippen LogP contribution >= 0.6 is 0 Å². The molecule has 0 aliphatic heterocycles. The normalized spacial score (nSPS) is 25.0. The van der Waals surface area contributed by atoms with Gasteiger partial charge in [0, 0.05) is 5.92 Å². The van der Waals surface area contributed by atoms with E-state index in [2.05, 4.69) is 12.1 Å². The molecule has 0 radical (unpaired) electrons. The third-order valence-corrected chi connectivity index (χ3v) is 5.81. The molecule has 0 spiro atoms. The summed E-state index contributed by atoms with van der Waals surface area (Å²) < 4.78 is 5.32. The van der Waals surface area contributed by atoms with Crippen LogP contribution in [0.1, 0.15) is 56.9 Å². The lowest BCUT2D eigenvalue weighted by atomic mass is 9.60. The Labute approximate surface area is 166 Å². The van der Waals surface area contributed by atoms with Crippen molar-refractivity contribution in [3.8, 4) is 12.1 Å². The number of nitrogens with zero attached hydrogens (tertiary/aromatic N) is 2. The summed E-state index contributed by atoms with van der Waals surface area (Å²) in [6, 6.07) is 13.9. The summed E-state index contributed by atoms with van der Waals surface area (Å²) in [6.45, 7) is 1.85. The van der Waals surface area contributed by atoms with Crippen LogP contribution in [0.2, 0.25) is 0 Å². The van der Waals surface area contributed by atoms with Gasteiger partial charge in [-0.3, -0.25) is 0 Å². The highest BCUT2D eigenvalue weighted by Crippen LogP contribution is 2.54. The Balaban J connectivity index is 2.34. The molecule has 0 heterocycles. The molecule has 2 N–H and O–H groups in total. The van der Waals surface area contributed by atoms with E-state index in [0.29, 0.717) is 5.57 Å². The maximum Gasteiger partial charge on any atom is 0.333 e. The molecule has 5 heteroatoms. The van der Waals surface area contributed by atoms with E-state index in [0.717, 1.165) is 55.2 Å². The minimum atomic E-state index is -1.72. The third kappa shape index (κ3) is 3.08. The average Bonchev–Trinajstić information content (AvgIpc) is 2.69. The van der Waals surface area contributed by atoms with Gasteiger partial charge in [-0.1, -0.05) is 48.7 Å². The number of carbonyl (C=O) groups excluding carboxylic acids is 1. The predicted molar refractivity (Wildman–Crippen MR) is 105 cm³/mol. The molecule has 0 saturated heterocycles. The zero-order valence-electron chi connectivity index (χ0n) is 16.2. The highest BCUT2D eigenvalue weighted by Gasteiger charge is 2.56. The zero-order valence-corrected chi connectivity index (χ0v) is 16.2. The van der Waals surface area contributed by atoms with E-state index in [-0.39, 0.29) is 12.3 Å². The number of carbonyl (C=O) groups is 1. The zero-order chi connectivity index (χ0) is 20.1. The van der Waals surface area contributed by atoms with Crippen LogP contribution in [0.5, 0.6) is 0 Å². The molecular formula is C23H25N3O2. The Kier molecular flexibility index (Phi) is 5.85. The minimum Gasteiger partial charge on any atom is -0.464 e. The molecule has 0 bridgehead atoms. The minimum absolute atomic E-state index is 0.0316. The molecule has 0 unspecified atom stereocenters. The largest absolute Gasteiger partial charge is 0.464 e. The number of ether oxygens (including phenoxy) is 1. The van der Waals surface area contributed by atoms with Crippen LogP contribution in [0.4, 0.5) is 0 Å². The van der Waals surface area contributed by atoms with Gasteiger partial charge in [-0.2, -0.15) is 10.5 Å². The second kappa shape index (κ2) is 8.31. The van der Waals surface area contributed by atoms with E-state index in [1.165, 1.54) is 0 Å². The fourth-order valence-electron chi connectivity index (χ4n) is 4.53. The van der Waals surface area contributed by atoms with Gasteiger partial charge in [-0.25, -0.2) is 4.79 Å². The number of nitriles is 2. The lowest BCUT2D eigenvalue weighted by Crippen LogP contribution is -2.46. The molecular weight excluding hydrogens is 350 g/mol. The van der Waals surface area contributed by atoms with Gasteiger partial charge in [-0.15, -0.1) is 0 Å². The van der Waals surface area contributed by atoms with Gasteiger partial charge in [0.15, 0.2) is 0 Å². The Bertz CT molecular complexity index is 902. The number of benzene rings is 1. The van der Waals surface area contributed by atoms with Crippen molar-refractivity contribution in [3.05, 3.63) is 58.3 Å². The van der Waals surface area contributed by atoms with Gasteiger partial charge in [0.2, 0.25) is 5.41 Å². The first-order valence-electron chi connectivity index (χ1n) is 9.87. The first-order chi connectivity index (χ1) is 13.6. The van der Waals surface area contributed by atoms with E-state index in [1.54, 1.807) is 6.92 Å². The monoisotopic (exact) mass is 375 g/mol. The Morgan fingerprint density at radius 1 is 1.18 bits per heavy atom. The van der Waals surface area contributed by atoms with Crippen LogP contribution in [0, 0.1) is 28.1 Å². The number of nitrogens with two attached hydrogens (primary N) is 1. The Morgan fingerprint density at radius 2 is 1.86 bits per heavy atom. The molecule has 0 fully saturated rings. The summed E-state index contributed by atoms with van der Waals surface area (Å²) >= 11 is 0. The smallest absolute Gasteiger partial charge is 0.333 e. The quantitative estimate of drug-likeness (QED) is 0.796. The van der Waals surface area contributed by atoms with Crippen LogP contribution in [-0.4, -0.2) is 12.6 Å². The number of allylic oxidation sites excluding steroid dienone is 3. The van der Waals surface area contributed by atoms with Crippen molar-refractivity contribution < 1.29 is 9.53 Å². The van der Waals surface area contributed by atoms with Gasteiger partial charge in [-0.05, 0) is 43.7 Å². The van der Waals surface area contributed by atoms with Gasteiger partial charge >= 0.3 is 5.97 Å². The molecule has 0 saturated carbocycles. The van der Waals surface area contributed by atoms with Crippen LogP contribution < -0.4 is 5.73 Å². The van der Waals surface area contributed by atoms with E-state index >= 15 is 0 Å². The van der Waals surface area contributed by atoms with Gasteiger partial charge < -0.3 is 10.5 Å². The van der Waals surface area contributed by atoms with Gasteiger partial charge in [0.25, 0.3) is 0 Å². The predicted octanol–water partition coefficient (Wildman–Crippen LogP) is 4.24. The van der Waals surface area contributed by atoms with Crippen LogP contribution in [0.15, 0.2) is 52.7 Å². The first kappa shape index (κ1) is 19.7. The first-order valence-corrected chi connectivity index (χ1v) is 9.87. The van der Waals surface area contributed by atoms with E-state index in [1.807, 2.05) is 30.3 Å². The summed E-state index contributed by atoms with van der Waals surface area (Å²) in [7, 11) is 0. The van der Waals surface area contributed by atoms with E-state index in [4.69, 9.17) is 10.5 Å². The molecule has 1 aromatic carbocycles. The highest BCUT2D eigenvalue weighted by molar-refractivity contribution is 5.88. The lowest BCUT2D eigenvalue weighted by molar-refractivity contribution is -0.151. The molecule has 2 atom stereocenters. The fraction of sp³-hybridized carbons (Fsp3) is 0.435. The van der Waals surface area contributed by atoms with Crippen molar-refractivity contribution in [2.24, 2.45) is 11.1 Å². The van der Waals surface area contributed by atoms with E-state index < -0.39 is 17.3 Å². The molecule has 2 aliphatic rings. The topological polar surface area (TPSA) is 99.9 Å². The number of hydrogen-bond acceptors (Lipinski definition) is 5. The number of hydrogen-bond donors (Lipinski definition) is 1. The fourth-order valence-corrected chi connectivity index (χ4v) is 4.53. The molecule has 1 aromatic rings. The van der Waals surface area contributed by atoms with E-state index in [9.17, 15) is 15.3 Å². The Morgan fingerprint density at radius 3 is 2.46 bits per heavy atom. The second-order valence-corrected chi connectivity index (χ2v) is 7.30. The molecule has 2 aliphatic carbocycles. The summed E-state index contributed by atoms with van der Waals surface area (Å²) in [5, 5.41) is 20.1. The highest BCUT2D eigenvalue weighted by atomic mass is 16.5. The third-order valence-electron chi connectivity index (χ3n) is 5.81. The summed E-state index contributed by atoms with van der Waals surface area (Å²) in [5.41, 5.74) is 7.80. The number of rotatable bonds is 3. The molecule has 3 rings (SSSR count). The van der Waals surface area contributed by atoms with Crippen LogP contribution in [-0.2, 0) is 9.53 Å². The number of esters is 1. The molecule has 5 nitrogen and oxygen atoms in total. The Hall–Kier alpha value is -3.05. The van der Waals surface area contributed by atoms with Crippen molar-refractivity contribution in [1.82, 2.24) is 0 Å². The molecule has 0 amide bonds. The molecule has 0 aromatic heterocycles. The maximum atomic E-state index is 13.1. The van der Waals surface area contributed by atoms with Crippen molar-refractivity contribution in [2.75, 3.05) is 6.61 Å². The SMILES string of the molecule is CCOC(=O)[C@@]1(C#N)C(N)=C(C#N)C2=C(CCCCCC2)[C@H]1c1ccccc1. The average molecular weight is 375 g/mol. The molecule has 28 heavy (non-hydrogen) atoms. The van der Waals surface area contributed by atoms with Gasteiger partial charge in [0.05, 0.1) is 23.9 Å². The van der Waals surface area contributed by atoms with Crippen LogP contribution in [0.3, 0.4) is 0 Å². The van der Waals surface area contributed by atoms with Crippen LogP contribution in [0.25, 0.3) is 0 Å². The van der Waals surface area contributed by atoms with Crippen molar-refractivity contribution in [1.29, 1.82) is 10.5 Å². The molecule has 144 valence electrons. The standard InChI is InChI=1S/C23H25N3O2/c1-2-28-22(27)23(15-25)20(16-10-6-5-7-11-16)18-13-9-4-3-8-12-17(18)19(14-24)21(23)26/h5-7,10-11,20H,2-4,8-9,12-13,26H2,1H3/t20-,23-/m1/s1. The van der Waals surface area contributed by atoms with Crippen molar-refractivity contribution in [3.63, 3.8) is 0 Å². The van der Waals surface area contributed by atoms with Crippen molar-refractivity contribution >= 4 is 5.97 Å².